The largest absolute Gasteiger partial charge is 0.356 e. The van der Waals surface area contributed by atoms with Crippen LogP contribution in [-0.4, -0.2) is 23.1 Å². The van der Waals surface area contributed by atoms with Gasteiger partial charge in [0.1, 0.15) is 16.2 Å². The van der Waals surface area contributed by atoms with Gasteiger partial charge in [-0.25, -0.2) is 9.97 Å². The van der Waals surface area contributed by atoms with Crippen molar-refractivity contribution in [2.45, 2.75) is 52.9 Å². The summed E-state index contributed by atoms with van der Waals surface area (Å²) < 4.78 is 0.909. The molecule has 0 N–H and O–H groups in total. The molecule has 0 aliphatic carbocycles. The molecule has 106 valence electrons. The second-order valence-corrected chi connectivity index (χ2v) is 6.41. The molecule has 0 atom stereocenters. The predicted octanol–water partition coefficient (Wildman–Crippen LogP) is 4.21. The van der Waals surface area contributed by atoms with Gasteiger partial charge in [0.25, 0.3) is 0 Å². The molecule has 1 aromatic rings. The van der Waals surface area contributed by atoms with Crippen molar-refractivity contribution >= 4 is 21.7 Å². The van der Waals surface area contributed by atoms with Crippen LogP contribution in [-0.2, 0) is 6.42 Å². The fraction of sp³-hybridized carbons (Fsp3) is 0.733. The predicted molar refractivity (Wildman–Crippen MR) is 83.6 cm³/mol. The van der Waals surface area contributed by atoms with E-state index in [2.05, 4.69) is 52.7 Å². The first-order chi connectivity index (χ1) is 9.12. The fourth-order valence-corrected chi connectivity index (χ4v) is 3.32. The van der Waals surface area contributed by atoms with Crippen molar-refractivity contribution in [3.05, 3.63) is 16.5 Å². The zero-order valence-corrected chi connectivity index (χ0v) is 13.8. The van der Waals surface area contributed by atoms with Crippen LogP contribution in [0.25, 0.3) is 0 Å². The number of hydrogen-bond donors (Lipinski definition) is 0. The Bertz CT molecular complexity index is 429. The average Bonchev–Trinajstić information content (AvgIpc) is 2.84. The first-order valence-corrected chi connectivity index (χ1v) is 8.20. The van der Waals surface area contributed by atoms with Gasteiger partial charge in [0.05, 0.1) is 0 Å². The highest BCUT2D eigenvalue weighted by Gasteiger charge is 2.35. The van der Waals surface area contributed by atoms with Crippen LogP contribution in [0.2, 0.25) is 0 Å². The molecule has 1 aliphatic rings. The van der Waals surface area contributed by atoms with Crippen molar-refractivity contribution in [1.82, 2.24) is 9.97 Å². The molecule has 0 amide bonds. The lowest BCUT2D eigenvalue weighted by atomic mass is 9.82. The minimum absolute atomic E-state index is 0.488. The maximum atomic E-state index is 4.72. The second kappa shape index (κ2) is 6.21. The Morgan fingerprint density at radius 3 is 2.58 bits per heavy atom. The van der Waals surface area contributed by atoms with Crippen LogP contribution in [0, 0.1) is 5.41 Å². The normalized spacial score (nSPS) is 18.0. The van der Waals surface area contributed by atoms with Gasteiger partial charge >= 0.3 is 0 Å². The summed E-state index contributed by atoms with van der Waals surface area (Å²) in [6, 6.07) is 2.06. The lowest BCUT2D eigenvalue weighted by molar-refractivity contribution is 0.301. The van der Waals surface area contributed by atoms with Gasteiger partial charge in [-0.05, 0) is 47.0 Å². The SMILES string of the molecule is CCCc1nc(Br)cc(N2CCC(CC)(CC)C2)n1. The maximum absolute atomic E-state index is 4.72. The van der Waals surface area contributed by atoms with E-state index in [0.29, 0.717) is 5.41 Å². The standard InChI is InChI=1S/C15H24BrN3/c1-4-7-13-17-12(16)10-14(18-13)19-9-8-15(5-2,6-3)11-19/h10H,4-9,11H2,1-3H3. The lowest BCUT2D eigenvalue weighted by Crippen LogP contribution is -2.27. The Labute approximate surface area is 125 Å². The zero-order chi connectivity index (χ0) is 13.9. The lowest BCUT2D eigenvalue weighted by Gasteiger charge is -2.26. The molecule has 2 rings (SSSR count). The Morgan fingerprint density at radius 2 is 2.00 bits per heavy atom. The molecule has 1 fully saturated rings. The second-order valence-electron chi connectivity index (χ2n) is 5.59. The molecule has 2 heterocycles. The number of hydrogen-bond acceptors (Lipinski definition) is 3. The van der Waals surface area contributed by atoms with Crippen molar-refractivity contribution < 1.29 is 0 Å². The Balaban J connectivity index is 2.19. The summed E-state index contributed by atoms with van der Waals surface area (Å²) in [5.74, 6) is 2.05. The number of rotatable bonds is 5. The van der Waals surface area contributed by atoms with E-state index in [0.717, 1.165) is 42.2 Å². The summed E-state index contributed by atoms with van der Waals surface area (Å²) in [7, 11) is 0. The van der Waals surface area contributed by atoms with Crippen molar-refractivity contribution in [3.63, 3.8) is 0 Å². The third-order valence-corrected chi connectivity index (χ3v) is 4.87. The smallest absolute Gasteiger partial charge is 0.133 e. The van der Waals surface area contributed by atoms with Gasteiger partial charge in [0.15, 0.2) is 0 Å². The molecule has 0 spiro atoms. The molecule has 1 aliphatic heterocycles. The van der Waals surface area contributed by atoms with Crippen LogP contribution >= 0.6 is 15.9 Å². The third-order valence-electron chi connectivity index (χ3n) is 4.46. The van der Waals surface area contributed by atoms with Crippen LogP contribution in [0.3, 0.4) is 0 Å². The van der Waals surface area contributed by atoms with E-state index >= 15 is 0 Å². The highest BCUT2D eigenvalue weighted by Crippen LogP contribution is 2.38. The van der Waals surface area contributed by atoms with Crippen molar-refractivity contribution in [3.8, 4) is 0 Å². The third kappa shape index (κ3) is 3.28. The molecule has 19 heavy (non-hydrogen) atoms. The summed E-state index contributed by atoms with van der Waals surface area (Å²) in [5, 5.41) is 0. The van der Waals surface area contributed by atoms with Gasteiger partial charge in [-0.2, -0.15) is 0 Å². The number of aromatic nitrogens is 2. The summed E-state index contributed by atoms with van der Waals surface area (Å²) >= 11 is 3.51. The van der Waals surface area contributed by atoms with Crippen molar-refractivity contribution in [2.24, 2.45) is 5.41 Å². The van der Waals surface area contributed by atoms with Crippen molar-refractivity contribution in [2.75, 3.05) is 18.0 Å². The Hall–Kier alpha value is -0.640. The molecule has 0 unspecified atom stereocenters. The minimum Gasteiger partial charge on any atom is -0.356 e. The van der Waals surface area contributed by atoms with Crippen LogP contribution in [0.4, 0.5) is 5.82 Å². The topological polar surface area (TPSA) is 29.0 Å². The van der Waals surface area contributed by atoms with Crippen molar-refractivity contribution in [1.29, 1.82) is 0 Å². The van der Waals surface area contributed by atoms with Gasteiger partial charge in [0.2, 0.25) is 0 Å². The van der Waals surface area contributed by atoms with Crippen LogP contribution in [0.1, 0.15) is 52.3 Å². The Morgan fingerprint density at radius 1 is 1.26 bits per heavy atom. The van der Waals surface area contributed by atoms with Gasteiger partial charge in [-0.1, -0.05) is 20.8 Å². The minimum atomic E-state index is 0.488. The van der Waals surface area contributed by atoms with E-state index in [4.69, 9.17) is 4.98 Å². The molecule has 0 radical (unpaired) electrons. The van der Waals surface area contributed by atoms with E-state index < -0.39 is 0 Å². The number of nitrogens with zero attached hydrogens (tertiary/aromatic N) is 3. The highest BCUT2D eigenvalue weighted by atomic mass is 79.9. The maximum Gasteiger partial charge on any atom is 0.133 e. The molecule has 1 aromatic heterocycles. The van der Waals surface area contributed by atoms with Crippen LogP contribution in [0.15, 0.2) is 10.7 Å². The average molecular weight is 326 g/mol. The summed E-state index contributed by atoms with van der Waals surface area (Å²) in [4.78, 5) is 11.6. The van der Waals surface area contributed by atoms with Gasteiger partial charge in [0, 0.05) is 25.6 Å². The first kappa shape index (κ1) is 14.8. The van der Waals surface area contributed by atoms with Gasteiger partial charge in [-0.15, -0.1) is 0 Å². The number of anilines is 1. The molecular formula is C15H24BrN3. The van der Waals surface area contributed by atoms with E-state index in [1.807, 2.05) is 0 Å². The van der Waals surface area contributed by atoms with Gasteiger partial charge < -0.3 is 4.90 Å². The number of aryl methyl sites for hydroxylation is 1. The van der Waals surface area contributed by atoms with E-state index in [1.165, 1.54) is 19.3 Å². The fourth-order valence-electron chi connectivity index (χ4n) is 2.91. The van der Waals surface area contributed by atoms with E-state index in [9.17, 15) is 0 Å². The Kier molecular flexibility index (Phi) is 4.82. The molecule has 0 bridgehead atoms. The molecule has 0 saturated carbocycles. The molecule has 3 nitrogen and oxygen atoms in total. The summed E-state index contributed by atoms with van der Waals surface area (Å²) in [6.45, 7) is 9.04. The monoisotopic (exact) mass is 325 g/mol. The number of halogens is 1. The zero-order valence-electron chi connectivity index (χ0n) is 12.2. The van der Waals surface area contributed by atoms with E-state index in [1.54, 1.807) is 0 Å². The summed E-state index contributed by atoms with van der Waals surface area (Å²) in [5.41, 5.74) is 0.488. The van der Waals surface area contributed by atoms with E-state index in [-0.39, 0.29) is 0 Å². The first-order valence-electron chi connectivity index (χ1n) is 7.41. The molecule has 1 saturated heterocycles. The van der Waals surface area contributed by atoms with Crippen LogP contribution in [0.5, 0.6) is 0 Å². The quantitative estimate of drug-likeness (QED) is 0.759. The van der Waals surface area contributed by atoms with Crippen LogP contribution < -0.4 is 4.90 Å². The highest BCUT2D eigenvalue weighted by molar-refractivity contribution is 9.10. The molecule has 4 heteroatoms. The van der Waals surface area contributed by atoms with Gasteiger partial charge in [-0.3, -0.25) is 0 Å². The summed E-state index contributed by atoms with van der Waals surface area (Å²) in [6.07, 6.45) is 5.84. The molecular weight excluding hydrogens is 302 g/mol. The molecule has 0 aromatic carbocycles.